The molecule has 0 bridgehead atoms. The molecule has 0 unspecified atom stereocenters. The molecule has 17 heavy (non-hydrogen) atoms. The molecule has 98 valence electrons. The topological polar surface area (TPSA) is 56.9 Å². The van der Waals surface area contributed by atoms with Crippen LogP contribution in [0.25, 0.3) is 0 Å². The van der Waals surface area contributed by atoms with Gasteiger partial charge in [0.15, 0.2) is 0 Å². The minimum Gasteiger partial charge on any atom is -0.339 e. The molecule has 0 spiro atoms. The van der Waals surface area contributed by atoms with Crippen LogP contribution in [-0.2, 0) is 0 Å². The molecule has 1 aliphatic carbocycles. The van der Waals surface area contributed by atoms with Crippen LogP contribution in [0.3, 0.4) is 0 Å². The van der Waals surface area contributed by atoms with Gasteiger partial charge >= 0.3 is 0 Å². The molecule has 2 rings (SSSR count). The zero-order valence-electron chi connectivity index (χ0n) is 10.9. The van der Waals surface area contributed by atoms with Gasteiger partial charge in [-0.05, 0) is 19.9 Å². The van der Waals surface area contributed by atoms with Crippen molar-refractivity contribution in [3.63, 3.8) is 0 Å². The van der Waals surface area contributed by atoms with E-state index < -0.39 is 0 Å². The van der Waals surface area contributed by atoms with Gasteiger partial charge in [0.25, 0.3) is 0 Å². The van der Waals surface area contributed by atoms with Crippen LogP contribution in [0, 0.1) is 0 Å². The van der Waals surface area contributed by atoms with Gasteiger partial charge in [0, 0.05) is 26.2 Å². The molecule has 1 aliphatic heterocycles. The molecule has 1 saturated heterocycles. The van der Waals surface area contributed by atoms with E-state index in [1.165, 1.54) is 32.1 Å². The lowest BCUT2D eigenvalue weighted by Gasteiger charge is -2.34. The molecule has 0 aromatic heterocycles. The first-order valence-electron chi connectivity index (χ1n) is 6.77. The van der Waals surface area contributed by atoms with Gasteiger partial charge in [0.2, 0.25) is 5.96 Å². The van der Waals surface area contributed by atoms with E-state index in [0.29, 0.717) is 6.04 Å². The number of aliphatic imine (C=N–C) groups is 1. The number of likely N-dealkylation sites (N-methyl/N-ethyl adjacent to an activating group) is 1. The van der Waals surface area contributed by atoms with Crippen LogP contribution in [0.15, 0.2) is 4.99 Å². The molecule has 0 atom stereocenters. The third-order valence-corrected chi connectivity index (χ3v) is 3.81. The van der Waals surface area contributed by atoms with E-state index >= 15 is 0 Å². The Balaban J connectivity index is 1.92. The van der Waals surface area contributed by atoms with Crippen LogP contribution in [0.5, 0.6) is 0 Å². The van der Waals surface area contributed by atoms with Crippen molar-refractivity contribution in [3.05, 3.63) is 0 Å². The fourth-order valence-corrected chi connectivity index (χ4v) is 2.61. The van der Waals surface area contributed by atoms with Gasteiger partial charge in [0.05, 0.1) is 6.04 Å². The van der Waals surface area contributed by atoms with Crippen molar-refractivity contribution in [2.24, 2.45) is 10.8 Å². The number of piperazine rings is 1. The average molecular weight is 239 g/mol. The summed E-state index contributed by atoms with van der Waals surface area (Å²) in [6, 6.07) is 0.481. The van der Waals surface area contributed by atoms with Gasteiger partial charge in [-0.1, -0.05) is 19.3 Å². The normalized spacial score (nSPS) is 25.1. The maximum atomic E-state index is 5.62. The Hall–Kier alpha value is -0.810. The number of hydrogen-bond acceptors (Lipinski definition) is 3. The fourth-order valence-electron chi connectivity index (χ4n) is 2.61. The summed E-state index contributed by atoms with van der Waals surface area (Å²) in [5.41, 5.74) is 2.79. The highest BCUT2D eigenvalue weighted by molar-refractivity contribution is 5.79. The molecule has 3 N–H and O–H groups in total. The highest BCUT2D eigenvalue weighted by atomic mass is 15.4. The number of nitrogens with zero attached hydrogens (tertiary/aromatic N) is 3. The smallest absolute Gasteiger partial charge is 0.208 e. The average Bonchev–Trinajstić information content (AvgIpc) is 2.38. The predicted molar refractivity (Wildman–Crippen MR) is 70.7 cm³/mol. The summed E-state index contributed by atoms with van der Waals surface area (Å²) in [5, 5.41) is 0. The second-order valence-electron chi connectivity index (χ2n) is 5.18. The Labute approximate surface area is 104 Å². The molecule has 2 fully saturated rings. The minimum absolute atomic E-state index is 0.481. The molecule has 1 saturated carbocycles. The molecule has 0 aromatic carbocycles. The Bertz CT molecular complexity index is 252. The molecule has 5 heteroatoms. The Kier molecular flexibility index (Phi) is 4.62. The lowest BCUT2D eigenvalue weighted by Crippen LogP contribution is -2.53. The van der Waals surface area contributed by atoms with E-state index in [2.05, 4.69) is 22.3 Å². The predicted octanol–water partition coefficient (Wildman–Crippen LogP) is 0.386. The molecule has 0 amide bonds. The van der Waals surface area contributed by atoms with Gasteiger partial charge < -0.3 is 9.80 Å². The lowest BCUT2D eigenvalue weighted by atomic mass is 9.96. The first-order valence-corrected chi connectivity index (χ1v) is 6.77. The van der Waals surface area contributed by atoms with Crippen LogP contribution < -0.4 is 11.3 Å². The van der Waals surface area contributed by atoms with Crippen molar-refractivity contribution in [1.82, 2.24) is 15.2 Å². The Morgan fingerprint density at radius 2 is 1.76 bits per heavy atom. The third kappa shape index (κ3) is 3.57. The van der Waals surface area contributed by atoms with Gasteiger partial charge in [-0.25, -0.2) is 10.8 Å². The van der Waals surface area contributed by atoms with E-state index in [-0.39, 0.29) is 0 Å². The van der Waals surface area contributed by atoms with Crippen LogP contribution >= 0.6 is 0 Å². The first kappa shape index (κ1) is 12.6. The van der Waals surface area contributed by atoms with E-state index in [9.17, 15) is 0 Å². The maximum Gasteiger partial charge on any atom is 0.208 e. The SMILES string of the molecule is CN1CCN(C(=NC2CCCCC2)NN)CC1. The molecule has 0 radical (unpaired) electrons. The van der Waals surface area contributed by atoms with Crippen molar-refractivity contribution in [2.75, 3.05) is 33.2 Å². The van der Waals surface area contributed by atoms with E-state index in [1.54, 1.807) is 0 Å². The van der Waals surface area contributed by atoms with Crippen molar-refractivity contribution in [1.29, 1.82) is 0 Å². The van der Waals surface area contributed by atoms with Gasteiger partial charge in [0.1, 0.15) is 0 Å². The van der Waals surface area contributed by atoms with Crippen molar-refractivity contribution in [2.45, 2.75) is 38.1 Å². The summed E-state index contributed by atoms with van der Waals surface area (Å²) in [6.07, 6.45) is 6.44. The largest absolute Gasteiger partial charge is 0.339 e. The number of guanidine groups is 1. The second-order valence-corrected chi connectivity index (χ2v) is 5.18. The quantitative estimate of drug-likeness (QED) is 0.301. The zero-order chi connectivity index (χ0) is 12.1. The molecule has 2 aliphatic rings. The summed E-state index contributed by atoms with van der Waals surface area (Å²) >= 11 is 0. The number of hydrogen-bond donors (Lipinski definition) is 2. The molecule has 0 aromatic rings. The van der Waals surface area contributed by atoms with E-state index in [4.69, 9.17) is 10.8 Å². The molecular formula is C12H25N5. The summed E-state index contributed by atoms with van der Waals surface area (Å²) in [7, 11) is 2.16. The highest BCUT2D eigenvalue weighted by Crippen LogP contribution is 2.20. The second kappa shape index (κ2) is 6.21. The Morgan fingerprint density at radius 3 is 2.35 bits per heavy atom. The van der Waals surface area contributed by atoms with E-state index in [0.717, 1.165) is 32.1 Å². The molecule has 1 heterocycles. The van der Waals surface area contributed by atoms with Gasteiger partial charge in [-0.3, -0.25) is 5.43 Å². The number of nitrogens with two attached hydrogens (primary N) is 1. The van der Waals surface area contributed by atoms with Crippen LogP contribution in [0.4, 0.5) is 0 Å². The standard InChI is InChI=1S/C12H25N5/c1-16-7-9-17(10-8-16)12(15-13)14-11-5-3-2-4-6-11/h11H,2-10,13H2,1H3,(H,14,15). The highest BCUT2D eigenvalue weighted by Gasteiger charge is 2.19. The van der Waals surface area contributed by atoms with Crippen molar-refractivity contribution < 1.29 is 0 Å². The third-order valence-electron chi connectivity index (χ3n) is 3.81. The number of rotatable bonds is 1. The van der Waals surface area contributed by atoms with Gasteiger partial charge in [-0.2, -0.15) is 0 Å². The summed E-state index contributed by atoms with van der Waals surface area (Å²) in [5.74, 6) is 6.51. The summed E-state index contributed by atoms with van der Waals surface area (Å²) < 4.78 is 0. The zero-order valence-corrected chi connectivity index (χ0v) is 10.9. The fraction of sp³-hybridized carbons (Fsp3) is 0.917. The van der Waals surface area contributed by atoms with Crippen LogP contribution in [-0.4, -0.2) is 55.0 Å². The maximum absolute atomic E-state index is 5.62. The van der Waals surface area contributed by atoms with Crippen molar-refractivity contribution >= 4 is 5.96 Å². The minimum atomic E-state index is 0.481. The Morgan fingerprint density at radius 1 is 1.12 bits per heavy atom. The van der Waals surface area contributed by atoms with E-state index in [1.807, 2.05) is 0 Å². The van der Waals surface area contributed by atoms with Crippen LogP contribution in [0.1, 0.15) is 32.1 Å². The summed E-state index contributed by atoms with van der Waals surface area (Å²) in [4.78, 5) is 9.40. The number of hydrazine groups is 1. The molecular weight excluding hydrogens is 214 g/mol. The lowest BCUT2D eigenvalue weighted by molar-refractivity contribution is 0.210. The summed E-state index contributed by atoms with van der Waals surface area (Å²) in [6.45, 7) is 4.22. The van der Waals surface area contributed by atoms with Crippen LogP contribution in [0.2, 0.25) is 0 Å². The van der Waals surface area contributed by atoms with Gasteiger partial charge in [-0.15, -0.1) is 0 Å². The van der Waals surface area contributed by atoms with Crippen molar-refractivity contribution in [3.8, 4) is 0 Å². The first-order chi connectivity index (χ1) is 8.29. The monoisotopic (exact) mass is 239 g/mol. The number of nitrogens with one attached hydrogen (secondary N) is 1. The molecule has 5 nitrogen and oxygen atoms in total.